The molecule has 3 heterocycles. The number of ether oxygens (including phenoxy) is 1. The number of carbonyl (C=O) groups excluding carboxylic acids is 1. The zero-order valence-corrected chi connectivity index (χ0v) is 17.8. The molecule has 0 atom stereocenters. The molecule has 1 fully saturated rings. The van der Waals surface area contributed by atoms with Crippen LogP contribution in [0.4, 0.5) is 0 Å². The Labute approximate surface area is 172 Å². The van der Waals surface area contributed by atoms with Crippen molar-refractivity contribution in [2.24, 2.45) is 0 Å². The molecule has 4 rings (SSSR count). The number of pyridine rings is 1. The molecule has 0 bridgehead atoms. The molecule has 1 aliphatic rings. The van der Waals surface area contributed by atoms with Crippen molar-refractivity contribution >= 4 is 62.3 Å². The van der Waals surface area contributed by atoms with Crippen LogP contribution in [0, 0.1) is 0 Å². The molecule has 0 amide bonds. The number of aromatic nitrogens is 1. The molecule has 0 saturated carbocycles. The fourth-order valence-corrected chi connectivity index (χ4v) is 4.88. The molecular formula is C21H19NO2S3. The van der Waals surface area contributed by atoms with Crippen LogP contribution in [0.5, 0.6) is 5.75 Å². The first-order valence-electron chi connectivity index (χ1n) is 8.61. The number of hydrogen-bond donors (Lipinski definition) is 0. The quantitative estimate of drug-likeness (QED) is 0.368. The van der Waals surface area contributed by atoms with Gasteiger partial charge in [-0.05, 0) is 46.8 Å². The minimum Gasteiger partial charge on any atom is -0.496 e. The Hall–Kier alpha value is -2.02. The van der Waals surface area contributed by atoms with Crippen LogP contribution in [0.25, 0.3) is 28.1 Å². The lowest BCUT2D eigenvalue weighted by Crippen LogP contribution is -1.90. The molecule has 1 aromatic carbocycles. The lowest BCUT2D eigenvalue weighted by Gasteiger charge is -2.06. The van der Waals surface area contributed by atoms with Crippen molar-refractivity contribution in [1.82, 2.24) is 4.98 Å². The van der Waals surface area contributed by atoms with Crippen molar-refractivity contribution in [2.45, 2.75) is 20.3 Å². The van der Waals surface area contributed by atoms with E-state index in [9.17, 15) is 4.79 Å². The number of Topliss-reactive ketones (excluding diaryl/α,β-unsaturated/α-hetero) is 1. The van der Waals surface area contributed by atoms with Gasteiger partial charge in [0.25, 0.3) is 0 Å². The predicted molar refractivity (Wildman–Crippen MR) is 121 cm³/mol. The van der Waals surface area contributed by atoms with Gasteiger partial charge in [0.15, 0.2) is 5.78 Å². The number of thiophene rings is 1. The van der Waals surface area contributed by atoms with Gasteiger partial charge in [-0.3, -0.25) is 9.78 Å². The standard InChI is InChI=1S/C19H13NO2S3.C2H6/c1-22-17-4-5-20-15-3-2-11(7-14(15)17)12-6-13(24-10-12)8-18-16(21)9-19(23)25-18;1-2/h2-8,10H,9H2,1H3;1-2H3/b18-8-;. The summed E-state index contributed by atoms with van der Waals surface area (Å²) in [5.41, 5.74) is 3.12. The van der Waals surface area contributed by atoms with Crippen molar-refractivity contribution in [3.63, 3.8) is 0 Å². The van der Waals surface area contributed by atoms with Crippen LogP contribution < -0.4 is 4.74 Å². The molecule has 1 aliphatic heterocycles. The topological polar surface area (TPSA) is 39.2 Å². The molecule has 2 aromatic heterocycles. The molecule has 138 valence electrons. The number of rotatable bonds is 3. The van der Waals surface area contributed by atoms with Crippen LogP contribution in [0.2, 0.25) is 0 Å². The monoisotopic (exact) mass is 413 g/mol. The van der Waals surface area contributed by atoms with Crippen LogP contribution >= 0.6 is 35.3 Å². The average molecular weight is 414 g/mol. The van der Waals surface area contributed by atoms with Crippen LogP contribution in [-0.2, 0) is 4.79 Å². The van der Waals surface area contributed by atoms with Gasteiger partial charge in [0, 0.05) is 16.5 Å². The Kier molecular flexibility index (Phi) is 6.42. The zero-order valence-electron chi connectivity index (χ0n) is 15.3. The Morgan fingerprint density at radius 2 is 2.00 bits per heavy atom. The summed E-state index contributed by atoms with van der Waals surface area (Å²) in [4.78, 5) is 18.1. The fraction of sp³-hybridized carbons (Fsp3) is 0.190. The first-order chi connectivity index (χ1) is 13.1. The third-order valence-corrected chi connectivity index (χ3v) is 6.16. The number of fused-ring (bicyclic) bond motifs is 1. The molecule has 3 nitrogen and oxygen atoms in total. The Morgan fingerprint density at radius 3 is 2.70 bits per heavy atom. The van der Waals surface area contributed by atoms with E-state index in [0.29, 0.717) is 6.42 Å². The van der Waals surface area contributed by atoms with E-state index in [2.05, 4.69) is 28.6 Å². The highest BCUT2D eigenvalue weighted by atomic mass is 32.2. The Balaban J connectivity index is 0.00000102. The van der Waals surface area contributed by atoms with Crippen molar-refractivity contribution in [1.29, 1.82) is 0 Å². The number of thioether (sulfide) groups is 1. The molecular weight excluding hydrogens is 394 g/mol. The number of methoxy groups -OCH3 is 1. The minimum absolute atomic E-state index is 0.117. The number of ketones is 1. The minimum atomic E-state index is 0.117. The van der Waals surface area contributed by atoms with Gasteiger partial charge < -0.3 is 4.74 Å². The number of carbonyl (C=O) groups is 1. The molecule has 0 unspecified atom stereocenters. The molecule has 0 radical (unpaired) electrons. The maximum Gasteiger partial charge on any atom is 0.175 e. The van der Waals surface area contributed by atoms with E-state index in [1.165, 1.54) is 11.8 Å². The third-order valence-electron chi connectivity index (χ3n) is 3.95. The highest BCUT2D eigenvalue weighted by Crippen LogP contribution is 2.35. The average Bonchev–Trinajstić information content (AvgIpc) is 3.28. The third kappa shape index (κ3) is 4.29. The summed E-state index contributed by atoms with van der Waals surface area (Å²) in [5, 5.41) is 3.08. The van der Waals surface area contributed by atoms with E-state index in [1.54, 1.807) is 24.6 Å². The van der Waals surface area contributed by atoms with E-state index < -0.39 is 0 Å². The Bertz CT molecular complexity index is 1040. The summed E-state index contributed by atoms with van der Waals surface area (Å²) < 4.78 is 6.19. The van der Waals surface area contributed by atoms with Crippen molar-refractivity contribution < 1.29 is 9.53 Å². The van der Waals surface area contributed by atoms with Gasteiger partial charge in [-0.25, -0.2) is 0 Å². The van der Waals surface area contributed by atoms with Gasteiger partial charge in [0.05, 0.1) is 28.1 Å². The van der Waals surface area contributed by atoms with Crippen LogP contribution in [-0.4, -0.2) is 22.1 Å². The predicted octanol–water partition coefficient (Wildman–Crippen LogP) is 6.37. The maximum atomic E-state index is 11.9. The van der Waals surface area contributed by atoms with E-state index in [4.69, 9.17) is 17.0 Å². The second-order valence-electron chi connectivity index (χ2n) is 5.57. The lowest BCUT2D eigenvalue weighted by molar-refractivity contribution is -0.113. The number of benzene rings is 1. The largest absolute Gasteiger partial charge is 0.496 e. The van der Waals surface area contributed by atoms with Gasteiger partial charge >= 0.3 is 0 Å². The van der Waals surface area contributed by atoms with Gasteiger partial charge in [-0.1, -0.05) is 43.9 Å². The molecule has 6 heteroatoms. The van der Waals surface area contributed by atoms with Gasteiger partial charge in [0.2, 0.25) is 0 Å². The highest BCUT2D eigenvalue weighted by Gasteiger charge is 2.22. The summed E-state index contributed by atoms with van der Waals surface area (Å²) in [6, 6.07) is 10.1. The summed E-state index contributed by atoms with van der Waals surface area (Å²) in [6.07, 6.45) is 4.06. The van der Waals surface area contributed by atoms with Gasteiger partial charge in [0.1, 0.15) is 5.75 Å². The second kappa shape index (κ2) is 8.78. The summed E-state index contributed by atoms with van der Waals surface area (Å²) >= 11 is 8.15. The normalized spacial score (nSPS) is 15.1. The van der Waals surface area contributed by atoms with Crippen LogP contribution in [0.3, 0.4) is 0 Å². The first kappa shape index (κ1) is 19.7. The van der Waals surface area contributed by atoms with Crippen molar-refractivity contribution in [2.75, 3.05) is 7.11 Å². The lowest BCUT2D eigenvalue weighted by atomic mass is 10.1. The molecule has 3 aromatic rings. The van der Waals surface area contributed by atoms with Gasteiger partial charge in [-0.15, -0.1) is 11.3 Å². The van der Waals surface area contributed by atoms with Crippen LogP contribution in [0.1, 0.15) is 25.1 Å². The van der Waals surface area contributed by atoms with E-state index in [-0.39, 0.29) is 5.78 Å². The van der Waals surface area contributed by atoms with Crippen LogP contribution in [0.15, 0.2) is 46.8 Å². The molecule has 0 N–H and O–H groups in total. The van der Waals surface area contributed by atoms with E-state index >= 15 is 0 Å². The number of hydrogen-bond acceptors (Lipinski definition) is 6. The molecule has 1 saturated heterocycles. The first-order valence-corrected chi connectivity index (χ1v) is 10.7. The number of thiocarbonyl (C=S) groups is 1. The van der Waals surface area contributed by atoms with Crippen molar-refractivity contribution in [3.8, 4) is 16.9 Å². The summed E-state index contributed by atoms with van der Waals surface area (Å²) in [5.74, 6) is 0.928. The fourth-order valence-electron chi connectivity index (χ4n) is 2.73. The number of nitrogens with zero attached hydrogens (tertiary/aromatic N) is 1. The summed E-state index contributed by atoms with van der Waals surface area (Å²) in [7, 11) is 1.66. The SMILES string of the molecule is CC.COc1ccnc2ccc(-c3csc(/C=C4\SC(=S)CC4=O)c3)cc12. The highest BCUT2D eigenvalue weighted by molar-refractivity contribution is 8.27. The van der Waals surface area contributed by atoms with E-state index in [0.717, 1.165) is 41.8 Å². The molecule has 0 aliphatic carbocycles. The number of allylic oxidation sites excluding steroid dienone is 1. The summed E-state index contributed by atoms with van der Waals surface area (Å²) in [6.45, 7) is 4.00. The van der Waals surface area contributed by atoms with E-state index in [1.807, 2.05) is 32.1 Å². The maximum absolute atomic E-state index is 11.9. The van der Waals surface area contributed by atoms with Gasteiger partial charge in [-0.2, -0.15) is 0 Å². The Morgan fingerprint density at radius 1 is 1.19 bits per heavy atom. The van der Waals surface area contributed by atoms with Crippen molar-refractivity contribution in [3.05, 3.63) is 51.7 Å². The smallest absolute Gasteiger partial charge is 0.175 e. The zero-order chi connectivity index (χ0) is 19.4. The molecule has 0 spiro atoms. The molecule has 27 heavy (non-hydrogen) atoms. The second-order valence-corrected chi connectivity index (χ2v) is 8.40.